The molecule has 0 atom stereocenters. The first-order valence-electron chi connectivity index (χ1n) is 6.25. The van der Waals surface area contributed by atoms with E-state index >= 15 is 0 Å². The number of pyridine rings is 1. The fraction of sp³-hybridized carbons (Fsp3) is 0.231. The average molecular weight is 325 g/mol. The van der Waals surface area contributed by atoms with Crippen LogP contribution in [0.25, 0.3) is 0 Å². The molecule has 0 bridgehead atoms. The Kier molecular flexibility index (Phi) is 4.59. The molecule has 2 aromatic heterocycles. The van der Waals surface area contributed by atoms with Crippen molar-refractivity contribution in [2.24, 2.45) is 0 Å². The lowest BCUT2D eigenvalue weighted by Crippen LogP contribution is -2.15. The molecule has 6 nitrogen and oxygen atoms in total. The van der Waals surface area contributed by atoms with Crippen molar-refractivity contribution in [3.63, 3.8) is 0 Å². The molecule has 112 valence electrons. The molecule has 0 spiro atoms. The number of anilines is 2. The molecule has 0 aliphatic rings. The molecule has 21 heavy (non-hydrogen) atoms. The fourth-order valence-electron chi connectivity index (χ4n) is 1.66. The van der Waals surface area contributed by atoms with Crippen molar-refractivity contribution in [2.75, 3.05) is 10.0 Å². The number of hydrogen-bond acceptors (Lipinski definition) is 5. The maximum atomic E-state index is 12.3. The number of nitrogens with zero attached hydrogens (tertiary/aromatic N) is 1. The first-order chi connectivity index (χ1) is 9.92. The van der Waals surface area contributed by atoms with Crippen LogP contribution in [0.2, 0.25) is 0 Å². The highest BCUT2D eigenvalue weighted by molar-refractivity contribution is 7.94. The third kappa shape index (κ3) is 3.79. The van der Waals surface area contributed by atoms with Gasteiger partial charge >= 0.3 is 0 Å². The topological polar surface area (TPSA) is 88.2 Å². The van der Waals surface area contributed by atoms with Crippen molar-refractivity contribution in [2.45, 2.75) is 24.5 Å². The molecular weight excluding hydrogens is 310 g/mol. The number of carbonyl (C=O) groups is 1. The predicted molar refractivity (Wildman–Crippen MR) is 83.0 cm³/mol. The van der Waals surface area contributed by atoms with E-state index in [9.17, 15) is 13.2 Å². The van der Waals surface area contributed by atoms with Gasteiger partial charge in [-0.25, -0.2) is 8.42 Å². The lowest BCUT2D eigenvalue weighted by molar-refractivity contribution is -0.114. The molecule has 0 aromatic carbocycles. The SMILES string of the molecule is CCc1ccc(S(=O)(=O)Nc2cnccc2NC(C)=O)s1. The van der Waals surface area contributed by atoms with Crippen LogP contribution in [0.5, 0.6) is 0 Å². The van der Waals surface area contributed by atoms with E-state index in [1.165, 1.54) is 36.7 Å². The van der Waals surface area contributed by atoms with Crippen LogP contribution >= 0.6 is 11.3 Å². The number of thiophene rings is 1. The minimum absolute atomic E-state index is 0.233. The van der Waals surface area contributed by atoms with Crippen molar-refractivity contribution >= 4 is 38.6 Å². The highest BCUT2D eigenvalue weighted by Crippen LogP contribution is 2.27. The van der Waals surface area contributed by atoms with Gasteiger partial charge in [0.05, 0.1) is 17.6 Å². The van der Waals surface area contributed by atoms with Gasteiger partial charge in [0.25, 0.3) is 10.0 Å². The first kappa shape index (κ1) is 15.5. The summed E-state index contributed by atoms with van der Waals surface area (Å²) in [6, 6.07) is 4.89. The molecule has 0 aliphatic carbocycles. The van der Waals surface area contributed by atoms with Gasteiger partial charge in [-0.15, -0.1) is 11.3 Å². The molecule has 0 radical (unpaired) electrons. The summed E-state index contributed by atoms with van der Waals surface area (Å²) in [6.07, 6.45) is 3.62. The first-order valence-corrected chi connectivity index (χ1v) is 8.55. The molecule has 0 unspecified atom stereocenters. The van der Waals surface area contributed by atoms with Crippen LogP contribution in [0.15, 0.2) is 34.8 Å². The van der Waals surface area contributed by atoms with Crippen molar-refractivity contribution in [1.82, 2.24) is 4.98 Å². The van der Waals surface area contributed by atoms with Gasteiger partial charge in [0.2, 0.25) is 5.91 Å². The van der Waals surface area contributed by atoms with Gasteiger partial charge < -0.3 is 5.32 Å². The smallest absolute Gasteiger partial charge is 0.271 e. The van der Waals surface area contributed by atoms with E-state index < -0.39 is 10.0 Å². The van der Waals surface area contributed by atoms with Gasteiger partial charge in [-0.1, -0.05) is 6.92 Å². The molecule has 0 aliphatic heterocycles. The number of amides is 1. The summed E-state index contributed by atoms with van der Waals surface area (Å²) in [5.74, 6) is -0.286. The Hall–Kier alpha value is -1.93. The maximum absolute atomic E-state index is 12.3. The van der Waals surface area contributed by atoms with Crippen molar-refractivity contribution in [3.8, 4) is 0 Å². The number of sulfonamides is 1. The van der Waals surface area contributed by atoms with Gasteiger partial charge in [0.1, 0.15) is 4.21 Å². The summed E-state index contributed by atoms with van der Waals surface area (Å²) >= 11 is 1.22. The third-order valence-electron chi connectivity index (χ3n) is 2.63. The number of rotatable bonds is 5. The highest BCUT2D eigenvalue weighted by Gasteiger charge is 2.18. The predicted octanol–water partition coefficient (Wildman–Crippen LogP) is 2.46. The lowest BCUT2D eigenvalue weighted by atomic mass is 10.3. The molecule has 2 aromatic rings. The second kappa shape index (κ2) is 6.23. The molecule has 1 amide bonds. The zero-order chi connectivity index (χ0) is 15.5. The Morgan fingerprint density at radius 3 is 2.67 bits per heavy atom. The van der Waals surface area contributed by atoms with E-state index in [-0.39, 0.29) is 15.8 Å². The second-order valence-corrected chi connectivity index (χ2v) is 7.36. The van der Waals surface area contributed by atoms with Gasteiger partial charge in [0, 0.05) is 18.0 Å². The van der Waals surface area contributed by atoms with E-state index in [0.29, 0.717) is 5.69 Å². The quantitative estimate of drug-likeness (QED) is 0.884. The van der Waals surface area contributed by atoms with Crippen LogP contribution in [0.4, 0.5) is 11.4 Å². The van der Waals surface area contributed by atoms with Crippen LogP contribution < -0.4 is 10.0 Å². The maximum Gasteiger partial charge on any atom is 0.271 e. The Bertz CT molecular complexity index is 754. The van der Waals surface area contributed by atoms with Gasteiger partial charge in [-0.05, 0) is 24.6 Å². The Balaban J connectivity index is 2.30. The lowest BCUT2D eigenvalue weighted by Gasteiger charge is -2.11. The number of carbonyl (C=O) groups excluding carboxylic acids is 1. The Morgan fingerprint density at radius 2 is 2.05 bits per heavy atom. The molecular formula is C13H15N3O3S2. The fourth-order valence-corrected chi connectivity index (χ4v) is 4.02. The average Bonchev–Trinajstić information content (AvgIpc) is 2.90. The van der Waals surface area contributed by atoms with E-state index in [1.54, 1.807) is 12.1 Å². The standard InChI is InChI=1S/C13H15N3O3S2/c1-3-10-4-5-13(20-10)21(18,19)16-12-8-14-7-6-11(12)15-9(2)17/h4-8,16H,3H2,1-2H3,(H,14,15,17). The minimum atomic E-state index is -3.68. The summed E-state index contributed by atoms with van der Waals surface area (Å²) in [5.41, 5.74) is 0.604. The van der Waals surface area contributed by atoms with Gasteiger partial charge in [-0.2, -0.15) is 0 Å². The Morgan fingerprint density at radius 1 is 1.29 bits per heavy atom. The summed E-state index contributed by atoms with van der Waals surface area (Å²) in [6.45, 7) is 3.32. The van der Waals surface area contributed by atoms with Crippen LogP contribution in [0, 0.1) is 0 Å². The number of aryl methyl sites for hydroxylation is 1. The van der Waals surface area contributed by atoms with Crippen LogP contribution in [-0.4, -0.2) is 19.3 Å². The zero-order valence-electron chi connectivity index (χ0n) is 11.6. The van der Waals surface area contributed by atoms with Crippen LogP contribution in [0.3, 0.4) is 0 Å². The summed E-state index contributed by atoms with van der Waals surface area (Å²) in [5, 5.41) is 2.56. The second-order valence-electron chi connectivity index (χ2n) is 4.28. The monoisotopic (exact) mass is 325 g/mol. The van der Waals surface area contributed by atoms with Crippen molar-refractivity contribution < 1.29 is 13.2 Å². The normalized spacial score (nSPS) is 11.1. The van der Waals surface area contributed by atoms with E-state index in [4.69, 9.17) is 0 Å². The van der Waals surface area contributed by atoms with E-state index in [2.05, 4.69) is 15.0 Å². The zero-order valence-corrected chi connectivity index (χ0v) is 13.2. The van der Waals surface area contributed by atoms with Crippen molar-refractivity contribution in [3.05, 3.63) is 35.5 Å². The highest BCUT2D eigenvalue weighted by atomic mass is 32.2. The van der Waals surface area contributed by atoms with Crippen molar-refractivity contribution in [1.29, 1.82) is 0 Å². The van der Waals surface area contributed by atoms with Gasteiger partial charge in [0.15, 0.2) is 0 Å². The summed E-state index contributed by atoms with van der Waals surface area (Å²) in [7, 11) is -3.68. The molecule has 0 saturated heterocycles. The minimum Gasteiger partial charge on any atom is -0.324 e. The summed E-state index contributed by atoms with van der Waals surface area (Å²) in [4.78, 5) is 16.0. The largest absolute Gasteiger partial charge is 0.324 e. The number of aromatic nitrogens is 1. The van der Waals surface area contributed by atoms with Gasteiger partial charge in [-0.3, -0.25) is 14.5 Å². The molecule has 0 fully saturated rings. The van der Waals surface area contributed by atoms with Crippen LogP contribution in [0.1, 0.15) is 18.7 Å². The molecule has 2 N–H and O–H groups in total. The molecule has 0 saturated carbocycles. The molecule has 8 heteroatoms. The van der Waals surface area contributed by atoms with Crippen LogP contribution in [-0.2, 0) is 21.2 Å². The Labute approximate surface area is 127 Å². The molecule has 2 rings (SSSR count). The van der Waals surface area contributed by atoms with E-state index in [0.717, 1.165) is 11.3 Å². The summed E-state index contributed by atoms with van der Waals surface area (Å²) < 4.78 is 27.3. The third-order valence-corrected chi connectivity index (χ3v) is 5.71. The number of nitrogens with one attached hydrogen (secondary N) is 2. The number of hydrogen-bond donors (Lipinski definition) is 2. The molecule has 2 heterocycles. The van der Waals surface area contributed by atoms with E-state index in [1.807, 2.05) is 6.92 Å².